The predicted octanol–water partition coefficient (Wildman–Crippen LogP) is 6.18. The minimum absolute atomic E-state index is 0.163. The number of rotatable bonds is 9. The Balaban J connectivity index is 0.000000782. The summed E-state index contributed by atoms with van der Waals surface area (Å²) in [6.07, 6.45) is -0.412. The van der Waals surface area contributed by atoms with Crippen molar-refractivity contribution >= 4 is 17.8 Å². The summed E-state index contributed by atoms with van der Waals surface area (Å²) in [5, 5.41) is 9.93. The molecule has 232 valence electrons. The fraction of sp³-hybridized carbons (Fsp3) is 0.531. The third-order valence-corrected chi connectivity index (χ3v) is 6.86. The van der Waals surface area contributed by atoms with Crippen molar-refractivity contribution in [2.75, 3.05) is 13.1 Å². The van der Waals surface area contributed by atoms with Crippen LogP contribution in [0.2, 0.25) is 0 Å². The smallest absolute Gasteiger partial charge is 0.475 e. The molecular formula is C32H43F3N2O5. The number of carbonyl (C=O) groups is 3. The lowest BCUT2D eigenvalue weighted by Crippen LogP contribution is -2.52. The number of nitrogens with one attached hydrogen (secondary N) is 1. The first-order valence-corrected chi connectivity index (χ1v) is 14.1. The van der Waals surface area contributed by atoms with Crippen LogP contribution in [0.15, 0.2) is 48.5 Å². The van der Waals surface area contributed by atoms with Crippen molar-refractivity contribution < 1.29 is 37.4 Å². The third-order valence-electron chi connectivity index (χ3n) is 6.86. The SMILES string of the molecule is CC1CCCN1CCc1ccc(-c2ccc(CCC(=O)NC(C)(C)C(=O)OC(C)(C)C)cc2)cc1.O=C(O)C(F)(F)F. The number of likely N-dealkylation sites (tertiary alicyclic amines) is 1. The zero-order valence-electron chi connectivity index (χ0n) is 25.3. The van der Waals surface area contributed by atoms with Gasteiger partial charge >= 0.3 is 18.1 Å². The molecule has 42 heavy (non-hydrogen) atoms. The van der Waals surface area contributed by atoms with E-state index in [2.05, 4.69) is 65.7 Å². The molecule has 0 aliphatic carbocycles. The number of amides is 1. The number of hydrogen-bond donors (Lipinski definition) is 2. The van der Waals surface area contributed by atoms with Gasteiger partial charge in [-0.15, -0.1) is 0 Å². The van der Waals surface area contributed by atoms with E-state index in [1.807, 2.05) is 20.8 Å². The molecule has 2 N–H and O–H groups in total. The summed E-state index contributed by atoms with van der Waals surface area (Å²) < 4.78 is 37.1. The average molecular weight is 593 g/mol. The number of hydrogen-bond acceptors (Lipinski definition) is 5. The number of benzene rings is 2. The van der Waals surface area contributed by atoms with Crippen LogP contribution in [-0.2, 0) is 32.0 Å². The van der Waals surface area contributed by atoms with Crippen molar-refractivity contribution in [3.8, 4) is 11.1 Å². The molecular weight excluding hydrogens is 549 g/mol. The summed E-state index contributed by atoms with van der Waals surface area (Å²) in [5.41, 5.74) is 3.19. The van der Waals surface area contributed by atoms with E-state index in [0.717, 1.165) is 24.6 Å². The summed E-state index contributed by atoms with van der Waals surface area (Å²) in [6.45, 7) is 13.5. The van der Waals surface area contributed by atoms with Crippen LogP contribution < -0.4 is 5.32 Å². The van der Waals surface area contributed by atoms with Gasteiger partial charge in [-0.3, -0.25) is 4.79 Å². The predicted molar refractivity (Wildman–Crippen MR) is 156 cm³/mol. The first-order valence-electron chi connectivity index (χ1n) is 14.1. The molecule has 1 saturated heterocycles. The second-order valence-corrected chi connectivity index (χ2v) is 12.1. The Kier molecular flexibility index (Phi) is 12.2. The lowest BCUT2D eigenvalue weighted by atomic mass is 10.00. The molecule has 1 amide bonds. The Labute approximate surface area is 246 Å². The summed E-state index contributed by atoms with van der Waals surface area (Å²) >= 11 is 0. The van der Waals surface area contributed by atoms with Gasteiger partial charge in [-0.1, -0.05) is 48.5 Å². The van der Waals surface area contributed by atoms with Crippen molar-refractivity contribution in [1.29, 1.82) is 0 Å². The minimum Gasteiger partial charge on any atom is -0.475 e. The van der Waals surface area contributed by atoms with Crippen LogP contribution >= 0.6 is 0 Å². The topological polar surface area (TPSA) is 95.9 Å². The molecule has 1 aliphatic heterocycles. The van der Waals surface area contributed by atoms with E-state index in [-0.39, 0.29) is 5.91 Å². The molecule has 0 bridgehead atoms. The second kappa shape index (κ2) is 14.7. The van der Waals surface area contributed by atoms with E-state index in [4.69, 9.17) is 14.6 Å². The van der Waals surface area contributed by atoms with Gasteiger partial charge in [0.15, 0.2) is 0 Å². The molecule has 1 fully saturated rings. The normalized spacial score (nSPS) is 15.9. The van der Waals surface area contributed by atoms with Crippen molar-refractivity contribution in [3.63, 3.8) is 0 Å². The van der Waals surface area contributed by atoms with Gasteiger partial charge in [0.05, 0.1) is 0 Å². The highest BCUT2D eigenvalue weighted by Crippen LogP contribution is 2.22. The number of carboxylic acid groups (broad SMARTS) is 1. The summed E-state index contributed by atoms with van der Waals surface area (Å²) in [5.74, 6) is -3.35. The number of aryl methyl sites for hydroxylation is 1. The van der Waals surface area contributed by atoms with Crippen LogP contribution in [0.4, 0.5) is 13.2 Å². The maximum absolute atomic E-state index is 12.5. The van der Waals surface area contributed by atoms with Crippen LogP contribution in [0.1, 0.15) is 71.9 Å². The van der Waals surface area contributed by atoms with Crippen molar-refractivity contribution in [3.05, 3.63) is 59.7 Å². The summed E-state index contributed by atoms with van der Waals surface area (Å²) in [7, 11) is 0. The number of ether oxygens (including phenoxy) is 1. The minimum atomic E-state index is -5.08. The molecule has 10 heteroatoms. The van der Waals surface area contributed by atoms with Gasteiger partial charge in [0.2, 0.25) is 5.91 Å². The van der Waals surface area contributed by atoms with Crippen LogP contribution in [0.25, 0.3) is 11.1 Å². The molecule has 1 aliphatic rings. The zero-order chi connectivity index (χ0) is 31.7. The summed E-state index contributed by atoms with van der Waals surface area (Å²) in [4.78, 5) is 36.3. The zero-order valence-corrected chi connectivity index (χ0v) is 25.3. The molecule has 7 nitrogen and oxygen atoms in total. The first kappa shape index (κ1) is 34.8. The Morgan fingerprint density at radius 3 is 1.79 bits per heavy atom. The van der Waals surface area contributed by atoms with Crippen LogP contribution in [-0.4, -0.2) is 64.3 Å². The number of halogens is 3. The highest BCUT2D eigenvalue weighted by molar-refractivity contribution is 5.87. The van der Waals surface area contributed by atoms with Gasteiger partial charge < -0.3 is 20.1 Å². The van der Waals surface area contributed by atoms with Crippen LogP contribution in [0.5, 0.6) is 0 Å². The quantitative estimate of drug-likeness (QED) is 0.338. The van der Waals surface area contributed by atoms with Crippen LogP contribution in [0, 0.1) is 0 Å². The van der Waals surface area contributed by atoms with Crippen molar-refractivity contribution in [2.45, 2.75) is 97.0 Å². The Morgan fingerprint density at radius 2 is 1.38 bits per heavy atom. The van der Waals surface area contributed by atoms with Gasteiger partial charge in [0.25, 0.3) is 0 Å². The molecule has 1 atom stereocenters. The van der Waals surface area contributed by atoms with E-state index < -0.39 is 29.3 Å². The lowest BCUT2D eigenvalue weighted by Gasteiger charge is -2.29. The van der Waals surface area contributed by atoms with Gasteiger partial charge in [-0.2, -0.15) is 13.2 Å². The second-order valence-electron chi connectivity index (χ2n) is 12.1. The monoisotopic (exact) mass is 592 g/mol. The van der Waals surface area contributed by atoms with Gasteiger partial charge in [0.1, 0.15) is 11.1 Å². The Morgan fingerprint density at radius 1 is 0.905 bits per heavy atom. The van der Waals surface area contributed by atoms with Crippen molar-refractivity contribution in [1.82, 2.24) is 10.2 Å². The highest BCUT2D eigenvalue weighted by Gasteiger charge is 2.38. The highest BCUT2D eigenvalue weighted by atomic mass is 19.4. The molecule has 0 saturated carbocycles. The van der Waals surface area contributed by atoms with E-state index in [0.29, 0.717) is 12.8 Å². The molecule has 1 heterocycles. The van der Waals surface area contributed by atoms with Crippen LogP contribution in [0.3, 0.4) is 0 Å². The fourth-order valence-electron chi connectivity index (χ4n) is 4.45. The number of carbonyl (C=O) groups excluding carboxylic acids is 2. The maximum Gasteiger partial charge on any atom is 0.490 e. The molecule has 0 spiro atoms. The standard InChI is InChI=1S/C30H42N2O3.C2HF3O2/c1-22-8-7-20-32(22)21-19-24-11-16-26(17-12-24)25-14-9-23(10-15-25)13-18-27(33)31-30(5,6)28(34)35-29(2,3)4;3-2(4,5)1(6)7/h9-12,14-17,22H,7-8,13,18-21H2,1-6H3,(H,31,33);(H,6,7). The number of carboxylic acids is 1. The number of aliphatic carboxylic acids is 1. The lowest BCUT2D eigenvalue weighted by molar-refractivity contribution is -0.192. The molecule has 2 aromatic rings. The van der Waals surface area contributed by atoms with Gasteiger partial charge in [-0.05, 0) is 96.0 Å². The third kappa shape index (κ3) is 11.8. The fourth-order valence-corrected chi connectivity index (χ4v) is 4.45. The summed E-state index contributed by atoms with van der Waals surface area (Å²) in [6, 6.07) is 18.0. The molecule has 2 aromatic carbocycles. The molecule has 0 aromatic heterocycles. The molecule has 0 radical (unpaired) electrons. The Bertz CT molecular complexity index is 1190. The first-order chi connectivity index (χ1) is 19.4. The Hall–Kier alpha value is -3.40. The largest absolute Gasteiger partial charge is 0.490 e. The van der Waals surface area contributed by atoms with Crippen molar-refractivity contribution in [2.24, 2.45) is 0 Å². The maximum atomic E-state index is 12.5. The average Bonchev–Trinajstić information content (AvgIpc) is 3.30. The van der Waals surface area contributed by atoms with Gasteiger partial charge in [-0.25, -0.2) is 9.59 Å². The number of alkyl halides is 3. The van der Waals surface area contributed by atoms with E-state index in [1.54, 1.807) is 13.8 Å². The van der Waals surface area contributed by atoms with E-state index >= 15 is 0 Å². The van der Waals surface area contributed by atoms with E-state index in [9.17, 15) is 22.8 Å². The molecule has 1 unspecified atom stereocenters. The number of nitrogens with zero attached hydrogens (tertiary/aromatic N) is 1. The van der Waals surface area contributed by atoms with Gasteiger partial charge in [0, 0.05) is 19.0 Å². The van der Waals surface area contributed by atoms with E-state index in [1.165, 1.54) is 36.1 Å². The molecule has 3 rings (SSSR count). The number of esters is 1.